The molecular weight excluding hydrogens is 202 g/mol. The zero-order chi connectivity index (χ0) is 11.5. The monoisotopic (exact) mass is 215 g/mol. The van der Waals surface area contributed by atoms with Gasteiger partial charge in [0.1, 0.15) is 5.82 Å². The van der Waals surface area contributed by atoms with E-state index in [4.69, 9.17) is 0 Å². The predicted octanol–water partition coefficient (Wildman–Crippen LogP) is 1.55. The van der Waals surface area contributed by atoms with Crippen molar-refractivity contribution in [1.82, 2.24) is 14.5 Å². The van der Waals surface area contributed by atoms with Gasteiger partial charge < -0.3 is 4.57 Å². The molecule has 0 saturated heterocycles. The van der Waals surface area contributed by atoms with E-state index >= 15 is 0 Å². The molecule has 2 aromatic rings. The Hall–Kier alpha value is -1.97. The lowest BCUT2D eigenvalue weighted by Crippen LogP contribution is -2.08. The summed E-state index contributed by atoms with van der Waals surface area (Å²) in [5, 5.41) is 0. The minimum atomic E-state index is 0.0693. The smallest absolute Gasteiger partial charge is 0.170 e. The molecule has 0 aliphatic heterocycles. The molecule has 2 heterocycles. The Balaban J connectivity index is 2.18. The maximum atomic E-state index is 11.9. The number of aryl methyl sites for hydroxylation is 2. The highest BCUT2D eigenvalue weighted by Gasteiger charge is 2.10. The number of Topliss-reactive ketones (excluding diaryl/α,β-unsaturated/α-hetero) is 1. The van der Waals surface area contributed by atoms with Crippen LogP contribution in [0.5, 0.6) is 0 Å². The van der Waals surface area contributed by atoms with Crippen LogP contribution in [0.2, 0.25) is 0 Å². The molecule has 0 amide bonds. The molecule has 2 rings (SSSR count). The summed E-state index contributed by atoms with van der Waals surface area (Å²) in [6, 6.07) is 3.53. The lowest BCUT2D eigenvalue weighted by molar-refractivity contribution is 0.0990. The zero-order valence-electron chi connectivity index (χ0n) is 9.34. The van der Waals surface area contributed by atoms with Gasteiger partial charge in [-0.15, -0.1) is 0 Å². The molecule has 4 heteroatoms. The number of rotatable bonds is 3. The Morgan fingerprint density at radius 1 is 1.38 bits per heavy atom. The molecule has 0 aliphatic rings. The predicted molar refractivity (Wildman–Crippen MR) is 60.2 cm³/mol. The highest BCUT2D eigenvalue weighted by molar-refractivity contribution is 5.97. The van der Waals surface area contributed by atoms with Crippen molar-refractivity contribution in [3.8, 4) is 0 Å². The van der Waals surface area contributed by atoms with Gasteiger partial charge in [0.15, 0.2) is 5.78 Å². The fraction of sp³-hybridized carbons (Fsp3) is 0.250. The van der Waals surface area contributed by atoms with Gasteiger partial charge in [-0.25, -0.2) is 4.98 Å². The first kappa shape index (κ1) is 10.5. The van der Waals surface area contributed by atoms with E-state index in [2.05, 4.69) is 9.97 Å². The van der Waals surface area contributed by atoms with Gasteiger partial charge >= 0.3 is 0 Å². The molecule has 0 unspecified atom stereocenters. The fourth-order valence-electron chi connectivity index (χ4n) is 1.53. The highest BCUT2D eigenvalue weighted by atomic mass is 16.1. The van der Waals surface area contributed by atoms with Crippen molar-refractivity contribution in [2.45, 2.75) is 13.3 Å². The summed E-state index contributed by atoms with van der Waals surface area (Å²) in [7, 11) is 1.88. The van der Waals surface area contributed by atoms with Gasteiger partial charge in [0, 0.05) is 36.9 Å². The number of ketones is 1. The maximum absolute atomic E-state index is 11.9. The van der Waals surface area contributed by atoms with Crippen LogP contribution >= 0.6 is 0 Å². The largest absolute Gasteiger partial charge is 0.338 e. The quantitative estimate of drug-likeness (QED) is 0.730. The standard InChI is InChI=1S/C12H13N3O/c1-9-7-10(3-4-13-9)11(16)8-12-14-5-6-15(12)2/h3-7H,8H2,1-2H3. The summed E-state index contributed by atoms with van der Waals surface area (Å²) >= 11 is 0. The molecular formula is C12H13N3O. The van der Waals surface area contributed by atoms with Crippen LogP contribution in [-0.2, 0) is 13.5 Å². The molecule has 16 heavy (non-hydrogen) atoms. The summed E-state index contributed by atoms with van der Waals surface area (Å²) < 4.78 is 1.85. The van der Waals surface area contributed by atoms with Gasteiger partial charge in [0.05, 0.1) is 6.42 Å². The summed E-state index contributed by atoms with van der Waals surface area (Å²) in [4.78, 5) is 20.1. The number of hydrogen-bond acceptors (Lipinski definition) is 3. The third-order valence-electron chi connectivity index (χ3n) is 2.46. The first-order chi connectivity index (χ1) is 7.66. The van der Waals surface area contributed by atoms with Gasteiger partial charge in [-0.3, -0.25) is 9.78 Å². The van der Waals surface area contributed by atoms with Crippen LogP contribution in [0.15, 0.2) is 30.7 Å². The molecule has 0 saturated carbocycles. The van der Waals surface area contributed by atoms with Crippen LogP contribution in [0.4, 0.5) is 0 Å². The Kier molecular flexibility index (Phi) is 2.81. The lowest BCUT2D eigenvalue weighted by atomic mass is 10.1. The first-order valence-electron chi connectivity index (χ1n) is 5.09. The molecule has 0 radical (unpaired) electrons. The summed E-state index contributed by atoms with van der Waals surface area (Å²) in [5.41, 5.74) is 1.54. The Bertz CT molecular complexity index is 516. The van der Waals surface area contributed by atoms with E-state index < -0.39 is 0 Å². The average molecular weight is 215 g/mol. The van der Waals surface area contributed by atoms with Crippen LogP contribution in [-0.4, -0.2) is 20.3 Å². The molecule has 2 aromatic heterocycles. The third-order valence-corrected chi connectivity index (χ3v) is 2.46. The maximum Gasteiger partial charge on any atom is 0.170 e. The zero-order valence-corrected chi connectivity index (χ0v) is 9.34. The number of imidazole rings is 1. The highest BCUT2D eigenvalue weighted by Crippen LogP contribution is 2.06. The Morgan fingerprint density at radius 3 is 2.81 bits per heavy atom. The fourth-order valence-corrected chi connectivity index (χ4v) is 1.53. The normalized spacial score (nSPS) is 10.4. The number of nitrogens with zero attached hydrogens (tertiary/aromatic N) is 3. The van der Waals surface area contributed by atoms with E-state index in [9.17, 15) is 4.79 Å². The number of hydrogen-bond donors (Lipinski definition) is 0. The number of carbonyl (C=O) groups excluding carboxylic acids is 1. The summed E-state index contributed by atoms with van der Waals surface area (Å²) in [6.45, 7) is 1.87. The number of aromatic nitrogens is 3. The van der Waals surface area contributed by atoms with E-state index in [1.807, 2.05) is 24.7 Å². The van der Waals surface area contributed by atoms with E-state index in [-0.39, 0.29) is 5.78 Å². The molecule has 0 N–H and O–H groups in total. The van der Waals surface area contributed by atoms with Crippen LogP contribution in [0.25, 0.3) is 0 Å². The molecule has 0 aromatic carbocycles. The van der Waals surface area contributed by atoms with E-state index in [1.165, 1.54) is 0 Å². The van der Waals surface area contributed by atoms with E-state index in [1.54, 1.807) is 24.5 Å². The van der Waals surface area contributed by atoms with Crippen molar-refractivity contribution in [1.29, 1.82) is 0 Å². The van der Waals surface area contributed by atoms with Crippen molar-refractivity contribution in [2.24, 2.45) is 7.05 Å². The average Bonchev–Trinajstić information content (AvgIpc) is 2.64. The van der Waals surface area contributed by atoms with E-state index in [0.717, 1.165) is 11.5 Å². The van der Waals surface area contributed by atoms with Crippen molar-refractivity contribution in [3.05, 3.63) is 47.8 Å². The van der Waals surface area contributed by atoms with Gasteiger partial charge in [0.25, 0.3) is 0 Å². The van der Waals surface area contributed by atoms with Crippen LogP contribution in [0.1, 0.15) is 21.9 Å². The molecule has 0 atom stereocenters. The van der Waals surface area contributed by atoms with Crippen molar-refractivity contribution < 1.29 is 4.79 Å². The molecule has 0 aliphatic carbocycles. The lowest BCUT2D eigenvalue weighted by Gasteiger charge is -2.02. The molecule has 0 spiro atoms. The van der Waals surface area contributed by atoms with Crippen LogP contribution in [0, 0.1) is 6.92 Å². The molecule has 0 bridgehead atoms. The van der Waals surface area contributed by atoms with Crippen LogP contribution < -0.4 is 0 Å². The second kappa shape index (κ2) is 4.26. The SMILES string of the molecule is Cc1cc(C(=O)Cc2nccn2C)ccn1. The number of carbonyl (C=O) groups is 1. The van der Waals surface area contributed by atoms with Gasteiger partial charge in [-0.05, 0) is 19.1 Å². The molecule has 82 valence electrons. The molecule has 0 fully saturated rings. The van der Waals surface area contributed by atoms with Gasteiger partial charge in [-0.2, -0.15) is 0 Å². The Morgan fingerprint density at radius 2 is 2.19 bits per heavy atom. The summed E-state index contributed by atoms with van der Waals surface area (Å²) in [5.74, 6) is 0.847. The van der Waals surface area contributed by atoms with Crippen molar-refractivity contribution in [3.63, 3.8) is 0 Å². The minimum absolute atomic E-state index is 0.0693. The topological polar surface area (TPSA) is 47.8 Å². The minimum Gasteiger partial charge on any atom is -0.338 e. The van der Waals surface area contributed by atoms with Crippen LogP contribution in [0.3, 0.4) is 0 Å². The van der Waals surface area contributed by atoms with Gasteiger partial charge in [-0.1, -0.05) is 0 Å². The summed E-state index contributed by atoms with van der Waals surface area (Å²) in [6.07, 6.45) is 5.51. The Labute approximate surface area is 94.0 Å². The van der Waals surface area contributed by atoms with Crippen molar-refractivity contribution >= 4 is 5.78 Å². The van der Waals surface area contributed by atoms with Gasteiger partial charge in [0.2, 0.25) is 0 Å². The molecule has 4 nitrogen and oxygen atoms in total. The third kappa shape index (κ3) is 2.16. The van der Waals surface area contributed by atoms with Crippen molar-refractivity contribution in [2.75, 3.05) is 0 Å². The first-order valence-corrected chi connectivity index (χ1v) is 5.09. The number of pyridine rings is 1. The second-order valence-electron chi connectivity index (χ2n) is 3.74. The van der Waals surface area contributed by atoms with E-state index in [0.29, 0.717) is 12.0 Å². The second-order valence-corrected chi connectivity index (χ2v) is 3.74.